The van der Waals surface area contributed by atoms with E-state index in [9.17, 15) is 4.79 Å². The molecule has 0 N–H and O–H groups in total. The van der Waals surface area contributed by atoms with Gasteiger partial charge in [-0.05, 0) is 5.92 Å². The molecule has 0 amide bonds. The highest BCUT2D eigenvalue weighted by molar-refractivity contribution is 7.99. The minimum atomic E-state index is -0.356. The molecule has 0 aromatic heterocycles. The lowest BCUT2D eigenvalue weighted by Gasteiger charge is -2.47. The highest BCUT2D eigenvalue weighted by atomic mass is 32.2. The topological polar surface area (TPSA) is 35.5 Å². The molecule has 4 heteroatoms. The monoisotopic (exact) mass is 306 g/mol. The molecule has 5 atom stereocenters. The van der Waals surface area contributed by atoms with Gasteiger partial charge in [-0.3, -0.25) is 0 Å². The normalized spacial score (nSPS) is 36.2. The Balaban J connectivity index is 1.87. The zero-order chi connectivity index (χ0) is 14.8. The Morgan fingerprint density at radius 3 is 2.62 bits per heavy atom. The molecule has 3 rings (SSSR count). The molecule has 0 unspecified atom stereocenters. The molecular weight excluding hydrogens is 284 g/mol. The van der Waals surface area contributed by atoms with Crippen LogP contribution in [0.2, 0.25) is 0 Å². The molecule has 0 bridgehead atoms. The number of aldehydes is 1. The molecule has 114 valence electrons. The molecule has 21 heavy (non-hydrogen) atoms. The smallest absolute Gasteiger partial charge is 0.184 e. The number of thioether (sulfide) groups is 1. The second-order valence-electron chi connectivity index (χ2n) is 6.19. The lowest BCUT2D eigenvalue weighted by Crippen LogP contribution is -2.52. The second-order valence-corrected chi connectivity index (χ2v) is 7.26. The summed E-state index contributed by atoms with van der Waals surface area (Å²) >= 11 is 1.84. The predicted molar refractivity (Wildman–Crippen MR) is 84.1 cm³/mol. The van der Waals surface area contributed by atoms with E-state index >= 15 is 0 Å². The van der Waals surface area contributed by atoms with Gasteiger partial charge in [0.05, 0.1) is 18.1 Å². The molecule has 2 aliphatic heterocycles. The van der Waals surface area contributed by atoms with Gasteiger partial charge in [0.25, 0.3) is 0 Å². The van der Waals surface area contributed by atoms with Gasteiger partial charge in [0.15, 0.2) is 6.29 Å². The van der Waals surface area contributed by atoms with E-state index in [0.29, 0.717) is 11.8 Å². The first-order chi connectivity index (χ1) is 10.2. The van der Waals surface area contributed by atoms with Crippen molar-refractivity contribution in [2.45, 2.75) is 32.3 Å². The van der Waals surface area contributed by atoms with Crippen molar-refractivity contribution in [2.75, 3.05) is 11.5 Å². The molecular formula is C17H22O3S. The van der Waals surface area contributed by atoms with E-state index in [0.717, 1.165) is 23.4 Å². The van der Waals surface area contributed by atoms with Crippen LogP contribution in [0.3, 0.4) is 0 Å². The summed E-state index contributed by atoms with van der Waals surface area (Å²) in [4.78, 5) is 11.4. The first-order valence-corrected chi connectivity index (χ1v) is 8.75. The molecule has 2 aliphatic rings. The van der Waals surface area contributed by atoms with Crippen LogP contribution in [0.15, 0.2) is 30.3 Å². The fourth-order valence-corrected chi connectivity index (χ4v) is 4.61. The standard InChI is InChI=1S/C17H22O3S/c1-11(2)15-14-10-21-9-13(8-18)16(14)20-17(19-15)12-6-4-3-5-7-12/h3-8,11,13-17H,9-10H2,1-2H3/t13-,14-,15-,16+,17-/m0/s1. The van der Waals surface area contributed by atoms with Gasteiger partial charge in [0, 0.05) is 23.0 Å². The van der Waals surface area contributed by atoms with E-state index in [1.807, 2.05) is 42.1 Å². The fraction of sp³-hybridized carbons (Fsp3) is 0.588. The van der Waals surface area contributed by atoms with Crippen molar-refractivity contribution in [1.82, 2.24) is 0 Å². The van der Waals surface area contributed by atoms with Crippen LogP contribution >= 0.6 is 11.8 Å². The Morgan fingerprint density at radius 1 is 1.19 bits per heavy atom. The van der Waals surface area contributed by atoms with Crippen LogP contribution in [-0.2, 0) is 14.3 Å². The van der Waals surface area contributed by atoms with E-state index in [1.54, 1.807) is 0 Å². The number of fused-ring (bicyclic) bond motifs is 1. The summed E-state index contributed by atoms with van der Waals surface area (Å²) in [6.07, 6.45) is 0.832. The van der Waals surface area contributed by atoms with Crippen LogP contribution in [0.4, 0.5) is 0 Å². The third kappa shape index (κ3) is 3.03. The minimum absolute atomic E-state index is 0.0184. The van der Waals surface area contributed by atoms with Crippen LogP contribution in [0, 0.1) is 17.8 Å². The van der Waals surface area contributed by atoms with Gasteiger partial charge >= 0.3 is 0 Å². The molecule has 0 radical (unpaired) electrons. The van der Waals surface area contributed by atoms with Crippen molar-refractivity contribution >= 4 is 18.0 Å². The van der Waals surface area contributed by atoms with E-state index in [2.05, 4.69) is 13.8 Å². The molecule has 1 aromatic rings. The van der Waals surface area contributed by atoms with Gasteiger partial charge in [0.2, 0.25) is 0 Å². The first-order valence-electron chi connectivity index (χ1n) is 7.59. The van der Waals surface area contributed by atoms with Gasteiger partial charge in [-0.15, -0.1) is 0 Å². The number of carbonyl (C=O) groups is 1. The van der Waals surface area contributed by atoms with Gasteiger partial charge in [0.1, 0.15) is 6.29 Å². The van der Waals surface area contributed by atoms with Crippen molar-refractivity contribution in [1.29, 1.82) is 0 Å². The van der Waals surface area contributed by atoms with Crippen LogP contribution in [0.1, 0.15) is 25.7 Å². The van der Waals surface area contributed by atoms with Gasteiger partial charge < -0.3 is 14.3 Å². The average molecular weight is 306 g/mol. The molecule has 2 saturated heterocycles. The summed E-state index contributed by atoms with van der Waals surface area (Å²) in [5.74, 6) is 2.57. The van der Waals surface area contributed by atoms with Crippen molar-refractivity contribution in [3.05, 3.63) is 35.9 Å². The van der Waals surface area contributed by atoms with Crippen molar-refractivity contribution in [3.8, 4) is 0 Å². The van der Waals surface area contributed by atoms with Crippen LogP contribution in [-0.4, -0.2) is 30.0 Å². The average Bonchev–Trinajstić information content (AvgIpc) is 2.53. The fourth-order valence-electron chi connectivity index (χ4n) is 3.28. The molecule has 3 nitrogen and oxygen atoms in total. The minimum Gasteiger partial charge on any atom is -0.344 e. The maximum absolute atomic E-state index is 11.4. The number of rotatable bonds is 3. The quantitative estimate of drug-likeness (QED) is 0.803. The first kappa shape index (κ1) is 15.1. The van der Waals surface area contributed by atoms with Crippen LogP contribution in [0.25, 0.3) is 0 Å². The second kappa shape index (κ2) is 6.51. The van der Waals surface area contributed by atoms with Crippen molar-refractivity contribution < 1.29 is 14.3 Å². The maximum atomic E-state index is 11.4. The Morgan fingerprint density at radius 2 is 1.95 bits per heavy atom. The van der Waals surface area contributed by atoms with Crippen LogP contribution < -0.4 is 0 Å². The van der Waals surface area contributed by atoms with E-state index in [1.165, 1.54) is 0 Å². The lowest BCUT2D eigenvalue weighted by atomic mass is 9.83. The number of hydrogen-bond donors (Lipinski definition) is 0. The highest BCUT2D eigenvalue weighted by Gasteiger charge is 2.46. The molecule has 2 heterocycles. The summed E-state index contributed by atoms with van der Waals surface area (Å²) < 4.78 is 12.4. The molecule has 0 spiro atoms. The zero-order valence-corrected chi connectivity index (χ0v) is 13.3. The highest BCUT2D eigenvalue weighted by Crippen LogP contribution is 2.43. The maximum Gasteiger partial charge on any atom is 0.184 e. The zero-order valence-electron chi connectivity index (χ0n) is 12.5. The van der Waals surface area contributed by atoms with E-state index < -0.39 is 0 Å². The Labute approximate surface area is 130 Å². The van der Waals surface area contributed by atoms with Crippen molar-refractivity contribution in [3.63, 3.8) is 0 Å². The molecule has 1 aromatic carbocycles. The Bertz CT molecular complexity index is 476. The summed E-state index contributed by atoms with van der Waals surface area (Å²) in [6.45, 7) is 4.37. The third-order valence-corrected chi connectivity index (χ3v) is 5.59. The summed E-state index contributed by atoms with van der Waals surface area (Å²) in [5.41, 5.74) is 1.03. The Kier molecular flexibility index (Phi) is 4.67. The SMILES string of the molecule is CC(C)[C@@H]1O[C@H](c2ccccc2)O[C@H]2[C@H]1CSC[C@@H]2C=O. The summed E-state index contributed by atoms with van der Waals surface area (Å²) in [6, 6.07) is 10.0. The van der Waals surface area contributed by atoms with Gasteiger partial charge in [-0.1, -0.05) is 44.2 Å². The number of ether oxygens (including phenoxy) is 2. The van der Waals surface area contributed by atoms with E-state index in [-0.39, 0.29) is 24.4 Å². The molecule has 0 saturated carbocycles. The largest absolute Gasteiger partial charge is 0.344 e. The Hall–Kier alpha value is -0.840. The number of benzene rings is 1. The predicted octanol–water partition coefficient (Wildman–Crippen LogP) is 3.30. The summed E-state index contributed by atoms with van der Waals surface area (Å²) in [7, 11) is 0. The van der Waals surface area contributed by atoms with Gasteiger partial charge in [-0.2, -0.15) is 11.8 Å². The van der Waals surface area contributed by atoms with Crippen LogP contribution in [0.5, 0.6) is 0 Å². The van der Waals surface area contributed by atoms with Crippen molar-refractivity contribution in [2.24, 2.45) is 17.8 Å². The molecule has 0 aliphatic carbocycles. The van der Waals surface area contributed by atoms with Gasteiger partial charge in [-0.25, -0.2) is 0 Å². The van der Waals surface area contributed by atoms with E-state index in [4.69, 9.17) is 9.47 Å². The summed E-state index contributed by atoms with van der Waals surface area (Å²) in [5, 5.41) is 0. The number of carbonyl (C=O) groups excluding carboxylic acids is 1. The lowest BCUT2D eigenvalue weighted by molar-refractivity contribution is -0.285. The molecule has 2 fully saturated rings. The number of hydrogen-bond acceptors (Lipinski definition) is 4. The third-order valence-electron chi connectivity index (χ3n) is 4.35.